The van der Waals surface area contributed by atoms with Crippen molar-refractivity contribution >= 4 is 0 Å². The summed E-state index contributed by atoms with van der Waals surface area (Å²) in [5.74, 6) is 0.884. The second-order valence-corrected chi connectivity index (χ2v) is 3.77. The summed E-state index contributed by atoms with van der Waals surface area (Å²) < 4.78 is 0. The van der Waals surface area contributed by atoms with Crippen LogP contribution in [-0.4, -0.2) is 0 Å². The van der Waals surface area contributed by atoms with Crippen molar-refractivity contribution in [3.8, 4) is 0 Å². The van der Waals surface area contributed by atoms with E-state index in [4.69, 9.17) is 0 Å². The van der Waals surface area contributed by atoms with E-state index in [1.54, 1.807) is 5.57 Å². The van der Waals surface area contributed by atoms with Crippen molar-refractivity contribution in [2.75, 3.05) is 0 Å². The molecular formula is C14H16I2Ti. The Morgan fingerprint density at radius 2 is 1.82 bits per heavy atom. The molecule has 1 aromatic carbocycles. The van der Waals surface area contributed by atoms with Crippen LogP contribution in [-0.2, 0) is 21.7 Å². The topological polar surface area (TPSA) is 0 Å². The van der Waals surface area contributed by atoms with Gasteiger partial charge in [0, 0.05) is 0 Å². The van der Waals surface area contributed by atoms with Gasteiger partial charge in [-0.1, -0.05) is 6.42 Å². The van der Waals surface area contributed by atoms with Crippen molar-refractivity contribution in [1.82, 2.24) is 0 Å². The van der Waals surface area contributed by atoms with E-state index in [1.807, 2.05) is 30.3 Å². The monoisotopic (exact) mass is 486 g/mol. The predicted molar refractivity (Wildman–Crippen MR) is 60.9 cm³/mol. The summed E-state index contributed by atoms with van der Waals surface area (Å²) in [6.07, 6.45) is 13.0. The third kappa shape index (κ3) is 7.14. The van der Waals surface area contributed by atoms with Crippen LogP contribution in [0.4, 0.5) is 0 Å². The molecule has 3 rings (SSSR count). The van der Waals surface area contributed by atoms with Gasteiger partial charge in [-0.3, -0.25) is 0 Å². The van der Waals surface area contributed by atoms with E-state index in [2.05, 4.69) is 24.6 Å². The molecule has 0 amide bonds. The van der Waals surface area contributed by atoms with E-state index in [0.717, 1.165) is 5.92 Å². The van der Waals surface area contributed by atoms with Crippen molar-refractivity contribution in [3.63, 3.8) is 0 Å². The largest absolute Gasteiger partial charge is 4.00 e. The Bertz CT molecular complexity index is 298. The molecule has 2 aliphatic rings. The summed E-state index contributed by atoms with van der Waals surface area (Å²) in [7, 11) is 0. The summed E-state index contributed by atoms with van der Waals surface area (Å²) in [6.45, 7) is 0. The molecule has 0 heterocycles. The van der Waals surface area contributed by atoms with Gasteiger partial charge in [-0.25, -0.2) is 30.2 Å². The minimum absolute atomic E-state index is 0. The first kappa shape index (κ1) is 20.2. The van der Waals surface area contributed by atoms with Crippen LogP contribution in [0.2, 0.25) is 0 Å². The van der Waals surface area contributed by atoms with Gasteiger partial charge in [0.2, 0.25) is 0 Å². The molecule has 0 saturated heterocycles. The van der Waals surface area contributed by atoms with Gasteiger partial charge in [-0.2, -0.15) is 18.2 Å². The van der Waals surface area contributed by atoms with Crippen molar-refractivity contribution < 1.29 is 69.7 Å². The number of fused-ring (bicyclic) bond motifs is 1. The second-order valence-electron chi connectivity index (χ2n) is 3.77. The van der Waals surface area contributed by atoms with E-state index in [1.165, 1.54) is 19.3 Å². The SMILES string of the molecule is C1=CCC2CC[CH-]C2=C1.[I-].[I-].[Ti+4].c1cc[cH-]c1. The smallest absolute Gasteiger partial charge is 1.00 e. The van der Waals surface area contributed by atoms with Crippen molar-refractivity contribution in [2.24, 2.45) is 5.92 Å². The molecular weight excluding hydrogens is 470 g/mol. The molecule has 0 N–H and O–H groups in total. The van der Waals surface area contributed by atoms with Gasteiger partial charge in [-0.05, 0) is 12.3 Å². The molecule has 2 aliphatic carbocycles. The third-order valence-corrected chi connectivity index (χ3v) is 2.77. The maximum atomic E-state index is 2.37. The van der Waals surface area contributed by atoms with Gasteiger partial charge >= 0.3 is 21.7 Å². The van der Waals surface area contributed by atoms with E-state index in [0.29, 0.717) is 0 Å². The first-order valence-electron chi connectivity index (χ1n) is 5.33. The fraction of sp³-hybridized carbons (Fsp3) is 0.286. The predicted octanol–water partition coefficient (Wildman–Crippen LogP) is -2.10. The van der Waals surface area contributed by atoms with Crippen LogP contribution in [0.25, 0.3) is 0 Å². The zero-order valence-corrected chi connectivity index (χ0v) is 15.5. The van der Waals surface area contributed by atoms with Crippen LogP contribution in [0, 0.1) is 12.3 Å². The molecule has 0 spiro atoms. The van der Waals surface area contributed by atoms with Crippen LogP contribution in [0.3, 0.4) is 0 Å². The Labute approximate surface area is 154 Å². The maximum Gasteiger partial charge on any atom is 4.00 e. The summed E-state index contributed by atoms with van der Waals surface area (Å²) >= 11 is 0. The van der Waals surface area contributed by atoms with E-state index in [-0.39, 0.29) is 69.7 Å². The number of rotatable bonds is 0. The van der Waals surface area contributed by atoms with Gasteiger partial charge in [0.15, 0.2) is 0 Å². The van der Waals surface area contributed by atoms with E-state index < -0.39 is 0 Å². The van der Waals surface area contributed by atoms with Crippen LogP contribution in [0.15, 0.2) is 54.1 Å². The quantitative estimate of drug-likeness (QED) is 0.224. The van der Waals surface area contributed by atoms with E-state index >= 15 is 0 Å². The van der Waals surface area contributed by atoms with Crippen molar-refractivity contribution in [3.05, 3.63) is 60.6 Å². The van der Waals surface area contributed by atoms with Crippen LogP contribution in [0.1, 0.15) is 19.3 Å². The summed E-state index contributed by atoms with van der Waals surface area (Å²) in [4.78, 5) is 0. The molecule has 0 aliphatic heterocycles. The second kappa shape index (κ2) is 11.9. The molecule has 90 valence electrons. The number of hydrogen-bond acceptors (Lipinski definition) is 0. The fourth-order valence-electron chi connectivity index (χ4n) is 1.99. The third-order valence-electron chi connectivity index (χ3n) is 2.77. The van der Waals surface area contributed by atoms with Gasteiger partial charge in [-0.15, -0.1) is 18.6 Å². The summed E-state index contributed by atoms with van der Waals surface area (Å²) in [5, 5.41) is 0. The first-order valence-corrected chi connectivity index (χ1v) is 5.33. The molecule has 0 aromatic heterocycles. The number of halogens is 2. The van der Waals surface area contributed by atoms with Crippen LogP contribution < -0.4 is 48.0 Å². The minimum Gasteiger partial charge on any atom is -1.00 e. The molecule has 0 radical (unpaired) electrons. The average Bonchev–Trinajstić information content (AvgIpc) is 2.92. The average molecular weight is 486 g/mol. The fourth-order valence-corrected chi connectivity index (χ4v) is 1.99. The Kier molecular flexibility index (Phi) is 14.2. The molecule has 17 heavy (non-hydrogen) atoms. The molecule has 0 nitrogen and oxygen atoms in total. The Morgan fingerprint density at radius 1 is 1.12 bits per heavy atom. The van der Waals surface area contributed by atoms with Crippen molar-refractivity contribution in [1.29, 1.82) is 0 Å². The van der Waals surface area contributed by atoms with E-state index in [9.17, 15) is 0 Å². The molecule has 0 bridgehead atoms. The maximum absolute atomic E-state index is 2.37. The number of allylic oxidation sites excluding steroid dienone is 4. The van der Waals surface area contributed by atoms with Crippen molar-refractivity contribution in [2.45, 2.75) is 19.3 Å². The van der Waals surface area contributed by atoms with Gasteiger partial charge < -0.3 is 48.0 Å². The van der Waals surface area contributed by atoms with Gasteiger partial charge in [0.1, 0.15) is 0 Å². The molecule has 1 atom stereocenters. The summed E-state index contributed by atoms with van der Waals surface area (Å²) in [5.41, 5.74) is 1.58. The van der Waals surface area contributed by atoms with Crippen LogP contribution >= 0.6 is 0 Å². The zero-order chi connectivity index (χ0) is 9.64. The molecule has 1 unspecified atom stereocenters. The molecule has 1 saturated carbocycles. The normalized spacial score (nSPS) is 18.8. The zero-order valence-electron chi connectivity index (χ0n) is 9.65. The molecule has 1 fully saturated rings. The Hall–Kier alpha value is 0.874. The molecule has 3 heteroatoms. The Morgan fingerprint density at radius 3 is 2.35 bits per heavy atom. The minimum atomic E-state index is 0. The van der Waals surface area contributed by atoms with Gasteiger partial charge in [0.05, 0.1) is 0 Å². The first-order chi connectivity index (χ1) is 6.97. The molecule has 1 aromatic rings. The van der Waals surface area contributed by atoms with Gasteiger partial charge in [0.25, 0.3) is 0 Å². The number of hydrogen-bond donors (Lipinski definition) is 0. The van der Waals surface area contributed by atoms with Crippen LogP contribution in [0.5, 0.6) is 0 Å². The summed E-state index contributed by atoms with van der Waals surface area (Å²) in [6, 6.07) is 10.0. The standard InChI is InChI=1S/C9H11.C5H5.2HI.Ti/c1-2-5-9-7-3-6-8(9)4-1;1-2-4-5-3-1;;;/h1-2,4,6,9H,3,5,7H2;1-5H;2*1H;/q2*-1;;;+4/p-2. The Balaban J connectivity index is 0.